The molecular weight excluding hydrogens is 390 g/mol. The van der Waals surface area contributed by atoms with Crippen molar-refractivity contribution in [3.63, 3.8) is 0 Å². The molecule has 142 valence electrons. The Morgan fingerprint density at radius 3 is 2.89 bits per heavy atom. The van der Waals surface area contributed by atoms with Crippen molar-refractivity contribution in [1.82, 2.24) is 9.88 Å². The third-order valence-corrected chi connectivity index (χ3v) is 6.60. The lowest BCUT2D eigenvalue weighted by Gasteiger charge is -2.25. The summed E-state index contributed by atoms with van der Waals surface area (Å²) in [4.78, 5) is 11.9. The standard InChI is InChI=1S/C22H20ClN3OS/c1-13-6-7-15(23)11-16(13)18-8-9-19(27-18)21-20(17-5-3-4-10-24-17)25-22-26(21)12-14(2)28-22/h3-11,14,20-21H,12H2,1-2H3/t14-,20-,21-/m0/s1. The number of pyridine rings is 1. The summed E-state index contributed by atoms with van der Waals surface area (Å²) in [5.74, 6) is 1.75. The Bertz CT molecular complexity index is 1050. The molecule has 2 aliphatic rings. The molecular formula is C22H20ClN3OS. The number of benzene rings is 1. The van der Waals surface area contributed by atoms with Crippen LogP contribution in [-0.2, 0) is 0 Å². The highest BCUT2D eigenvalue weighted by Crippen LogP contribution is 2.48. The van der Waals surface area contributed by atoms with Gasteiger partial charge < -0.3 is 9.32 Å². The number of hydrogen-bond acceptors (Lipinski definition) is 5. The summed E-state index contributed by atoms with van der Waals surface area (Å²) in [6, 6.07) is 16.0. The van der Waals surface area contributed by atoms with Gasteiger partial charge in [0.15, 0.2) is 5.17 Å². The topological polar surface area (TPSA) is 41.6 Å². The SMILES string of the molecule is Cc1ccc(Cl)cc1-c1ccc([C@H]2[C@H](c3ccccn3)N=C3S[C@@H](C)CN32)o1. The van der Waals surface area contributed by atoms with E-state index in [9.17, 15) is 0 Å². The molecule has 1 fully saturated rings. The molecule has 3 aromatic rings. The van der Waals surface area contributed by atoms with Crippen LogP contribution in [0.5, 0.6) is 0 Å². The molecule has 2 aliphatic heterocycles. The molecule has 1 saturated heterocycles. The monoisotopic (exact) mass is 409 g/mol. The Labute approximate surface area is 173 Å². The van der Waals surface area contributed by atoms with Crippen molar-refractivity contribution in [3.05, 3.63) is 76.8 Å². The number of amidine groups is 1. The smallest absolute Gasteiger partial charge is 0.161 e. The number of halogens is 1. The molecule has 0 bridgehead atoms. The van der Waals surface area contributed by atoms with Crippen molar-refractivity contribution in [2.24, 2.45) is 4.99 Å². The second-order valence-electron chi connectivity index (χ2n) is 7.30. The first-order valence-electron chi connectivity index (χ1n) is 9.38. The third-order valence-electron chi connectivity index (χ3n) is 5.26. The van der Waals surface area contributed by atoms with Crippen LogP contribution in [0.2, 0.25) is 5.02 Å². The number of hydrogen-bond donors (Lipinski definition) is 0. The normalized spacial score (nSPS) is 23.8. The molecule has 0 aliphatic carbocycles. The van der Waals surface area contributed by atoms with Crippen molar-refractivity contribution in [2.75, 3.05) is 6.54 Å². The Morgan fingerprint density at radius 1 is 1.18 bits per heavy atom. The highest BCUT2D eigenvalue weighted by molar-refractivity contribution is 8.14. The molecule has 3 atom stereocenters. The zero-order chi connectivity index (χ0) is 19.3. The Kier molecular flexibility index (Phi) is 4.44. The van der Waals surface area contributed by atoms with Gasteiger partial charge in [0.05, 0.1) is 5.69 Å². The predicted octanol–water partition coefficient (Wildman–Crippen LogP) is 5.89. The van der Waals surface area contributed by atoms with Gasteiger partial charge in [0.1, 0.15) is 23.6 Å². The fourth-order valence-electron chi connectivity index (χ4n) is 3.94. The van der Waals surface area contributed by atoms with Crippen molar-refractivity contribution >= 4 is 28.5 Å². The van der Waals surface area contributed by atoms with Crippen LogP contribution in [0.3, 0.4) is 0 Å². The van der Waals surface area contributed by atoms with Crippen molar-refractivity contribution < 1.29 is 4.42 Å². The molecule has 4 nitrogen and oxygen atoms in total. The van der Waals surface area contributed by atoms with Gasteiger partial charge in [0.25, 0.3) is 0 Å². The second kappa shape index (κ2) is 6.98. The lowest BCUT2D eigenvalue weighted by molar-refractivity contribution is 0.277. The molecule has 1 aromatic carbocycles. The Morgan fingerprint density at radius 2 is 2.07 bits per heavy atom. The van der Waals surface area contributed by atoms with Crippen molar-refractivity contribution in [3.8, 4) is 11.3 Å². The molecule has 0 amide bonds. The van der Waals surface area contributed by atoms with E-state index in [0.29, 0.717) is 10.3 Å². The molecule has 2 aromatic heterocycles. The van der Waals surface area contributed by atoms with E-state index in [1.807, 2.05) is 60.4 Å². The number of aryl methyl sites for hydroxylation is 1. The van der Waals surface area contributed by atoms with Gasteiger partial charge in [-0.25, -0.2) is 4.99 Å². The first kappa shape index (κ1) is 17.8. The summed E-state index contributed by atoms with van der Waals surface area (Å²) < 4.78 is 6.37. The van der Waals surface area contributed by atoms with Crippen molar-refractivity contribution in [2.45, 2.75) is 31.2 Å². The number of aliphatic imine (C=N–C) groups is 1. The zero-order valence-electron chi connectivity index (χ0n) is 15.7. The first-order valence-corrected chi connectivity index (χ1v) is 10.6. The van der Waals surface area contributed by atoms with Crippen molar-refractivity contribution in [1.29, 1.82) is 0 Å². The third kappa shape index (κ3) is 3.03. The summed E-state index contributed by atoms with van der Waals surface area (Å²) >= 11 is 8.04. The molecule has 0 unspecified atom stereocenters. The van der Waals surface area contributed by atoms with E-state index in [1.54, 1.807) is 0 Å². The largest absolute Gasteiger partial charge is 0.459 e. The minimum Gasteiger partial charge on any atom is -0.459 e. The van der Waals surface area contributed by atoms with Crippen LogP contribution in [0.15, 0.2) is 64.1 Å². The Hall–Kier alpha value is -2.24. The molecule has 5 rings (SSSR count). The minimum atomic E-state index is -0.0596. The van der Waals surface area contributed by atoms with Gasteiger partial charge in [-0.1, -0.05) is 42.4 Å². The van der Waals surface area contributed by atoms with Gasteiger partial charge in [0, 0.05) is 28.6 Å². The van der Waals surface area contributed by atoms with Crippen LogP contribution in [0.1, 0.15) is 36.0 Å². The highest BCUT2D eigenvalue weighted by atomic mass is 35.5. The van der Waals surface area contributed by atoms with E-state index in [-0.39, 0.29) is 12.1 Å². The lowest BCUT2D eigenvalue weighted by atomic mass is 10.0. The average Bonchev–Trinajstić information content (AvgIpc) is 3.38. The van der Waals surface area contributed by atoms with Gasteiger partial charge >= 0.3 is 0 Å². The lowest BCUT2D eigenvalue weighted by Crippen LogP contribution is -2.28. The predicted molar refractivity (Wildman–Crippen MR) is 115 cm³/mol. The summed E-state index contributed by atoms with van der Waals surface area (Å²) in [6.07, 6.45) is 1.83. The fraction of sp³-hybridized carbons (Fsp3) is 0.273. The molecule has 28 heavy (non-hydrogen) atoms. The van der Waals surface area contributed by atoms with Gasteiger partial charge in [-0.05, 0) is 48.9 Å². The number of rotatable bonds is 3. The molecule has 6 heteroatoms. The minimum absolute atomic E-state index is 0.0237. The van der Waals surface area contributed by atoms with E-state index in [2.05, 4.69) is 29.8 Å². The maximum Gasteiger partial charge on any atom is 0.161 e. The first-order chi connectivity index (χ1) is 13.6. The number of furan rings is 1. The van der Waals surface area contributed by atoms with E-state index in [4.69, 9.17) is 21.0 Å². The number of aromatic nitrogens is 1. The maximum absolute atomic E-state index is 6.37. The Balaban J connectivity index is 1.55. The average molecular weight is 410 g/mol. The summed E-state index contributed by atoms with van der Waals surface area (Å²) in [6.45, 7) is 5.27. The van der Waals surface area contributed by atoms with Crippen LogP contribution in [0.4, 0.5) is 0 Å². The van der Waals surface area contributed by atoms with E-state index in [0.717, 1.165) is 40.1 Å². The second-order valence-corrected chi connectivity index (χ2v) is 9.14. The van der Waals surface area contributed by atoms with Gasteiger partial charge in [0.2, 0.25) is 0 Å². The van der Waals surface area contributed by atoms with Crippen LogP contribution < -0.4 is 0 Å². The van der Waals surface area contributed by atoms with Crippen LogP contribution in [-0.4, -0.2) is 26.8 Å². The number of fused-ring (bicyclic) bond motifs is 1. The van der Waals surface area contributed by atoms with Gasteiger partial charge in [-0.2, -0.15) is 0 Å². The summed E-state index contributed by atoms with van der Waals surface area (Å²) in [5.41, 5.74) is 3.14. The summed E-state index contributed by atoms with van der Waals surface area (Å²) in [7, 11) is 0. The quantitative estimate of drug-likeness (QED) is 0.540. The van der Waals surface area contributed by atoms with Crippen LogP contribution in [0.25, 0.3) is 11.3 Å². The maximum atomic E-state index is 6.37. The van der Waals surface area contributed by atoms with Gasteiger partial charge in [-0.3, -0.25) is 4.98 Å². The highest BCUT2D eigenvalue weighted by Gasteiger charge is 2.45. The molecule has 0 spiro atoms. The number of thioether (sulfide) groups is 1. The fourth-order valence-corrected chi connectivity index (χ4v) is 5.21. The number of nitrogens with zero attached hydrogens (tertiary/aromatic N) is 3. The molecule has 0 N–H and O–H groups in total. The molecule has 4 heterocycles. The van der Waals surface area contributed by atoms with Crippen LogP contribution >= 0.6 is 23.4 Å². The van der Waals surface area contributed by atoms with Gasteiger partial charge in [-0.15, -0.1) is 0 Å². The van der Waals surface area contributed by atoms with E-state index in [1.165, 1.54) is 0 Å². The molecule has 0 saturated carbocycles. The van der Waals surface area contributed by atoms with Crippen LogP contribution in [0, 0.1) is 6.92 Å². The summed E-state index contributed by atoms with van der Waals surface area (Å²) in [5, 5.41) is 2.32. The van der Waals surface area contributed by atoms with E-state index < -0.39 is 0 Å². The van der Waals surface area contributed by atoms with E-state index >= 15 is 0 Å². The zero-order valence-corrected chi connectivity index (χ0v) is 17.2. The molecule has 0 radical (unpaired) electrons.